The molecule has 6 rings (SSSR count). The van der Waals surface area contributed by atoms with Crippen molar-refractivity contribution in [2.45, 2.75) is 17.0 Å². The van der Waals surface area contributed by atoms with Crippen LogP contribution in [-0.2, 0) is 24.8 Å². The molecule has 2 aliphatic rings. The molecule has 2 aliphatic heterocycles. The number of benzene rings is 3. The molecule has 13 heteroatoms. The van der Waals surface area contributed by atoms with E-state index in [2.05, 4.69) is 52.2 Å². The summed E-state index contributed by atoms with van der Waals surface area (Å²) in [4.78, 5) is 49.4. The van der Waals surface area contributed by atoms with Gasteiger partial charge in [0.15, 0.2) is 10.8 Å². The SMILES string of the molecule is CO/N=C(\C(=O)N[C@@H]1C(=O)N2C(C(=O)O)=C(CCl)CS[C@H]12)c1csc(NC(c2ccccc2)(c2ccccc2)c2ccccc2)n1. The maximum atomic E-state index is 13.5. The number of hydrogen-bond donors (Lipinski definition) is 3. The third-order valence-corrected chi connectivity index (χ3v) is 10.2. The van der Waals surface area contributed by atoms with E-state index in [0.717, 1.165) is 16.7 Å². The normalized spacial score (nSPS) is 18.0. The lowest BCUT2D eigenvalue weighted by atomic mass is 9.77. The second kappa shape index (κ2) is 13.4. The van der Waals surface area contributed by atoms with E-state index in [1.54, 1.807) is 5.38 Å². The Morgan fingerprint density at radius 1 is 1.02 bits per heavy atom. The van der Waals surface area contributed by atoms with E-state index in [1.807, 2.05) is 54.6 Å². The Morgan fingerprint density at radius 2 is 1.59 bits per heavy atom. The number of carboxylic acids is 1. The van der Waals surface area contributed by atoms with Crippen molar-refractivity contribution in [3.05, 3.63) is 130 Å². The van der Waals surface area contributed by atoms with Crippen LogP contribution in [0.3, 0.4) is 0 Å². The van der Waals surface area contributed by atoms with Gasteiger partial charge in [-0.3, -0.25) is 14.5 Å². The van der Waals surface area contributed by atoms with Crippen molar-refractivity contribution >= 4 is 63.3 Å². The predicted octanol–water partition coefficient (Wildman–Crippen LogP) is 4.88. The number of alkyl halides is 1. The molecule has 0 spiro atoms. The van der Waals surface area contributed by atoms with Crippen molar-refractivity contribution in [3.8, 4) is 0 Å². The summed E-state index contributed by atoms with van der Waals surface area (Å²) in [5.74, 6) is -2.13. The lowest BCUT2D eigenvalue weighted by molar-refractivity contribution is -0.150. The van der Waals surface area contributed by atoms with Crippen LogP contribution in [-0.4, -0.2) is 68.6 Å². The molecule has 0 aliphatic carbocycles. The molecule has 2 atom stereocenters. The number of oxime groups is 1. The number of amides is 2. The second-order valence-corrected chi connectivity index (χ2v) is 12.6. The zero-order chi connectivity index (χ0) is 32.3. The molecule has 3 aromatic carbocycles. The molecular formula is C33H28ClN5O5S2. The van der Waals surface area contributed by atoms with Crippen LogP contribution in [0.5, 0.6) is 0 Å². The third kappa shape index (κ3) is 5.63. The molecule has 1 fully saturated rings. The van der Waals surface area contributed by atoms with E-state index in [0.29, 0.717) is 16.5 Å². The number of halogens is 1. The van der Waals surface area contributed by atoms with Crippen LogP contribution in [0.15, 0.2) is 113 Å². The topological polar surface area (TPSA) is 133 Å². The Hall–Kier alpha value is -4.65. The number of carbonyl (C=O) groups excluding carboxylic acids is 2. The van der Waals surface area contributed by atoms with Gasteiger partial charge in [-0.05, 0) is 22.3 Å². The zero-order valence-electron chi connectivity index (χ0n) is 24.4. The molecule has 0 bridgehead atoms. The summed E-state index contributed by atoms with van der Waals surface area (Å²) >= 11 is 8.56. The highest BCUT2D eigenvalue weighted by molar-refractivity contribution is 8.00. The Kier molecular flexibility index (Phi) is 9.11. The number of anilines is 1. The van der Waals surface area contributed by atoms with Gasteiger partial charge >= 0.3 is 5.97 Å². The zero-order valence-corrected chi connectivity index (χ0v) is 26.8. The molecule has 46 heavy (non-hydrogen) atoms. The van der Waals surface area contributed by atoms with Crippen molar-refractivity contribution < 1.29 is 24.3 Å². The Morgan fingerprint density at radius 3 is 2.09 bits per heavy atom. The summed E-state index contributed by atoms with van der Waals surface area (Å²) in [5.41, 5.74) is 2.55. The molecule has 4 aromatic rings. The van der Waals surface area contributed by atoms with E-state index in [9.17, 15) is 19.5 Å². The van der Waals surface area contributed by atoms with Crippen molar-refractivity contribution in [2.75, 3.05) is 24.1 Å². The largest absolute Gasteiger partial charge is 0.477 e. The molecule has 3 heterocycles. The number of carbonyl (C=O) groups is 3. The molecular weight excluding hydrogens is 646 g/mol. The number of nitrogens with one attached hydrogen (secondary N) is 2. The summed E-state index contributed by atoms with van der Waals surface area (Å²) in [6.45, 7) is 0. The first kappa shape index (κ1) is 31.3. The lowest BCUT2D eigenvalue weighted by Crippen LogP contribution is -2.71. The first-order chi connectivity index (χ1) is 22.4. The number of fused-ring (bicyclic) bond motifs is 1. The smallest absolute Gasteiger partial charge is 0.352 e. The monoisotopic (exact) mass is 673 g/mol. The van der Waals surface area contributed by atoms with Gasteiger partial charge in [-0.1, -0.05) is 96.2 Å². The minimum absolute atomic E-state index is 0.00684. The van der Waals surface area contributed by atoms with Gasteiger partial charge in [0.1, 0.15) is 35.5 Å². The van der Waals surface area contributed by atoms with E-state index in [4.69, 9.17) is 21.4 Å². The molecule has 0 radical (unpaired) electrons. The average molecular weight is 674 g/mol. The summed E-state index contributed by atoms with van der Waals surface area (Å²) in [5, 5.41) is 21.7. The quantitative estimate of drug-likeness (QED) is 0.0675. The molecule has 10 nitrogen and oxygen atoms in total. The van der Waals surface area contributed by atoms with Crippen molar-refractivity contribution in [1.82, 2.24) is 15.2 Å². The summed E-state index contributed by atoms with van der Waals surface area (Å²) in [6.07, 6.45) is 0. The summed E-state index contributed by atoms with van der Waals surface area (Å²) in [7, 11) is 1.31. The molecule has 0 unspecified atom stereocenters. The minimum atomic E-state index is -1.24. The van der Waals surface area contributed by atoms with E-state index in [1.165, 1.54) is 35.1 Å². The van der Waals surface area contributed by atoms with Gasteiger partial charge in [0.2, 0.25) is 0 Å². The maximum absolute atomic E-state index is 13.5. The highest BCUT2D eigenvalue weighted by Gasteiger charge is 2.54. The minimum Gasteiger partial charge on any atom is -0.477 e. The van der Waals surface area contributed by atoms with Gasteiger partial charge in [-0.25, -0.2) is 9.78 Å². The van der Waals surface area contributed by atoms with Crippen LogP contribution >= 0.6 is 34.7 Å². The summed E-state index contributed by atoms with van der Waals surface area (Å²) in [6, 6.07) is 29.1. The van der Waals surface area contributed by atoms with Crippen molar-refractivity contribution in [2.24, 2.45) is 5.16 Å². The van der Waals surface area contributed by atoms with Gasteiger partial charge in [-0.2, -0.15) is 0 Å². The van der Waals surface area contributed by atoms with Crippen LogP contribution in [0.25, 0.3) is 0 Å². The average Bonchev–Trinajstić information content (AvgIpc) is 3.56. The van der Waals surface area contributed by atoms with Gasteiger partial charge in [-0.15, -0.1) is 34.7 Å². The maximum Gasteiger partial charge on any atom is 0.352 e. The molecule has 3 N–H and O–H groups in total. The molecule has 1 saturated heterocycles. The van der Waals surface area contributed by atoms with Crippen LogP contribution in [0.4, 0.5) is 5.13 Å². The number of thiazole rings is 1. The Bertz CT molecular complexity index is 1720. The van der Waals surface area contributed by atoms with Crippen LogP contribution < -0.4 is 10.6 Å². The standard InChI is InChI=1S/C33H28ClN5O5S2/c1-44-38-25(28(40)36-26-29(41)39-27(31(42)43)20(17-34)18-45-30(26)39)24-19-46-32(35-24)37-33(21-11-5-2-6-12-21,22-13-7-3-8-14-22)23-15-9-4-10-16-23/h2-16,19,26,30H,17-18H2,1H3,(H,35,37)(H,36,40)(H,42,43)/b38-25-/t26-,30-/m1/s1. The van der Waals surface area contributed by atoms with Crippen LogP contribution in [0.1, 0.15) is 22.4 Å². The Balaban J connectivity index is 1.30. The van der Waals surface area contributed by atoms with Crippen LogP contribution in [0, 0.1) is 0 Å². The third-order valence-electron chi connectivity index (χ3n) is 7.76. The number of rotatable bonds is 11. The predicted molar refractivity (Wildman–Crippen MR) is 179 cm³/mol. The van der Waals surface area contributed by atoms with Crippen LogP contribution in [0.2, 0.25) is 0 Å². The van der Waals surface area contributed by atoms with E-state index >= 15 is 0 Å². The van der Waals surface area contributed by atoms with E-state index in [-0.39, 0.29) is 23.0 Å². The van der Waals surface area contributed by atoms with Gasteiger partial charge in [0.05, 0.1) is 0 Å². The van der Waals surface area contributed by atoms with Gasteiger partial charge in [0, 0.05) is 17.0 Å². The van der Waals surface area contributed by atoms with Gasteiger partial charge < -0.3 is 20.6 Å². The highest BCUT2D eigenvalue weighted by atomic mass is 35.5. The van der Waals surface area contributed by atoms with Crippen molar-refractivity contribution in [1.29, 1.82) is 0 Å². The number of nitrogens with zero attached hydrogens (tertiary/aromatic N) is 3. The number of β-lactam (4-membered cyclic amide) rings is 1. The number of carboxylic acid groups (broad SMARTS) is 1. The van der Waals surface area contributed by atoms with Gasteiger partial charge in [0.25, 0.3) is 11.8 Å². The fourth-order valence-corrected chi connectivity index (χ4v) is 8.10. The first-order valence-electron chi connectivity index (χ1n) is 14.2. The summed E-state index contributed by atoms with van der Waals surface area (Å²) < 4.78 is 0. The number of thioether (sulfide) groups is 1. The highest BCUT2D eigenvalue weighted by Crippen LogP contribution is 2.42. The second-order valence-electron chi connectivity index (χ2n) is 10.4. The first-order valence-corrected chi connectivity index (χ1v) is 16.6. The number of aliphatic carboxylic acids is 1. The molecule has 2 amide bonds. The number of hydrogen-bond acceptors (Lipinski definition) is 9. The number of aromatic nitrogens is 1. The molecule has 234 valence electrons. The fraction of sp³-hybridized carbons (Fsp3) is 0.182. The molecule has 1 aromatic heterocycles. The molecule has 0 saturated carbocycles. The Labute approximate surface area is 278 Å². The fourth-order valence-electron chi connectivity index (χ4n) is 5.67. The van der Waals surface area contributed by atoms with Crippen molar-refractivity contribution in [3.63, 3.8) is 0 Å². The lowest BCUT2D eigenvalue weighted by Gasteiger charge is -2.49. The van der Waals surface area contributed by atoms with E-state index < -0.39 is 34.7 Å².